The van der Waals surface area contributed by atoms with Gasteiger partial charge in [0.15, 0.2) is 0 Å². The van der Waals surface area contributed by atoms with E-state index in [0.29, 0.717) is 6.04 Å². The molecule has 0 aliphatic carbocycles. The first-order valence-electron chi connectivity index (χ1n) is 7.28. The lowest BCUT2D eigenvalue weighted by atomic mass is 10.1. The molecular formula is C14H29N3. The summed E-state index contributed by atoms with van der Waals surface area (Å²) in [5, 5.41) is 3.56. The van der Waals surface area contributed by atoms with E-state index in [4.69, 9.17) is 0 Å². The summed E-state index contributed by atoms with van der Waals surface area (Å²) < 4.78 is 0. The summed E-state index contributed by atoms with van der Waals surface area (Å²) in [4.78, 5) is 7.03. The van der Waals surface area contributed by atoms with Crippen LogP contribution in [0.25, 0.3) is 0 Å². The predicted octanol–water partition coefficient (Wildman–Crippen LogP) is 2.67. The van der Waals surface area contributed by atoms with Crippen LogP contribution in [-0.4, -0.2) is 43.0 Å². The standard InChI is InChI=1S/C14H29N3/c1-4-17(5-2)12-8-9-13(3)16-14-10-6-7-11-15-14/h13H,4-12H2,1-3H3,(H,15,16). The fraction of sp³-hybridized carbons (Fsp3) is 0.929. The van der Waals surface area contributed by atoms with Gasteiger partial charge in [-0.2, -0.15) is 0 Å². The van der Waals surface area contributed by atoms with Crippen LogP contribution < -0.4 is 5.32 Å². The highest BCUT2D eigenvalue weighted by Crippen LogP contribution is 2.06. The number of aliphatic imine (C=N–C) groups is 1. The molecule has 1 N–H and O–H groups in total. The SMILES string of the molecule is CCN(CC)CCCC(C)NC1=NCCCC1. The van der Waals surface area contributed by atoms with Crippen molar-refractivity contribution in [1.29, 1.82) is 0 Å². The molecule has 100 valence electrons. The van der Waals surface area contributed by atoms with Crippen LogP contribution >= 0.6 is 0 Å². The van der Waals surface area contributed by atoms with E-state index in [2.05, 4.69) is 36.0 Å². The normalized spacial score (nSPS) is 18.0. The van der Waals surface area contributed by atoms with Crippen molar-refractivity contribution >= 4 is 5.84 Å². The molecule has 1 aliphatic heterocycles. The second-order valence-corrected chi connectivity index (χ2v) is 5.00. The highest BCUT2D eigenvalue weighted by Gasteiger charge is 2.08. The minimum absolute atomic E-state index is 0.572. The van der Waals surface area contributed by atoms with Crippen molar-refractivity contribution in [3.05, 3.63) is 0 Å². The number of amidine groups is 1. The van der Waals surface area contributed by atoms with Crippen molar-refractivity contribution in [1.82, 2.24) is 10.2 Å². The largest absolute Gasteiger partial charge is 0.371 e. The number of nitrogens with one attached hydrogen (secondary N) is 1. The molecule has 0 fully saturated rings. The van der Waals surface area contributed by atoms with E-state index in [1.165, 1.54) is 51.2 Å². The van der Waals surface area contributed by atoms with Gasteiger partial charge in [0.25, 0.3) is 0 Å². The Bertz CT molecular complexity index is 222. The van der Waals surface area contributed by atoms with Crippen LogP contribution in [0.3, 0.4) is 0 Å². The highest BCUT2D eigenvalue weighted by molar-refractivity contribution is 5.82. The fourth-order valence-electron chi connectivity index (χ4n) is 2.33. The number of hydrogen-bond donors (Lipinski definition) is 1. The first-order chi connectivity index (χ1) is 8.26. The number of nitrogens with zero attached hydrogens (tertiary/aromatic N) is 2. The zero-order valence-electron chi connectivity index (χ0n) is 11.8. The van der Waals surface area contributed by atoms with Crippen LogP contribution in [0.5, 0.6) is 0 Å². The third-order valence-electron chi connectivity index (χ3n) is 3.54. The molecule has 0 bridgehead atoms. The van der Waals surface area contributed by atoms with Gasteiger partial charge >= 0.3 is 0 Å². The van der Waals surface area contributed by atoms with Gasteiger partial charge in [0.05, 0.1) is 5.84 Å². The lowest BCUT2D eigenvalue weighted by molar-refractivity contribution is 0.292. The Hall–Kier alpha value is -0.570. The molecule has 0 amide bonds. The molecule has 0 aromatic rings. The summed E-state index contributed by atoms with van der Waals surface area (Å²) in [6.45, 7) is 11.3. The molecule has 3 heteroatoms. The van der Waals surface area contributed by atoms with E-state index in [1.807, 2.05) is 0 Å². The lowest BCUT2D eigenvalue weighted by Crippen LogP contribution is -2.34. The second kappa shape index (κ2) is 8.51. The van der Waals surface area contributed by atoms with E-state index < -0.39 is 0 Å². The molecule has 0 spiro atoms. The van der Waals surface area contributed by atoms with E-state index in [0.717, 1.165) is 13.0 Å². The Labute approximate surface area is 107 Å². The van der Waals surface area contributed by atoms with Gasteiger partial charge in [-0.25, -0.2) is 0 Å². The Morgan fingerprint density at radius 2 is 2.06 bits per heavy atom. The van der Waals surface area contributed by atoms with Crippen LogP contribution in [-0.2, 0) is 0 Å². The van der Waals surface area contributed by atoms with Crippen LogP contribution in [0.15, 0.2) is 4.99 Å². The van der Waals surface area contributed by atoms with Gasteiger partial charge in [0.1, 0.15) is 0 Å². The molecule has 1 unspecified atom stereocenters. The van der Waals surface area contributed by atoms with Gasteiger partial charge in [-0.1, -0.05) is 13.8 Å². The number of hydrogen-bond acceptors (Lipinski definition) is 3. The Kier molecular flexibility index (Phi) is 7.25. The molecule has 0 saturated carbocycles. The van der Waals surface area contributed by atoms with E-state index >= 15 is 0 Å². The van der Waals surface area contributed by atoms with Crippen molar-refractivity contribution in [3.63, 3.8) is 0 Å². The zero-order chi connectivity index (χ0) is 12.5. The van der Waals surface area contributed by atoms with Crippen molar-refractivity contribution in [3.8, 4) is 0 Å². The van der Waals surface area contributed by atoms with Gasteiger partial charge in [-0.15, -0.1) is 0 Å². The van der Waals surface area contributed by atoms with Gasteiger partial charge in [-0.05, 0) is 52.2 Å². The highest BCUT2D eigenvalue weighted by atomic mass is 15.1. The molecule has 0 aromatic carbocycles. The average molecular weight is 239 g/mol. The van der Waals surface area contributed by atoms with Gasteiger partial charge in [-0.3, -0.25) is 4.99 Å². The van der Waals surface area contributed by atoms with Crippen LogP contribution in [0.4, 0.5) is 0 Å². The first kappa shape index (κ1) is 14.5. The molecule has 1 aliphatic rings. The maximum Gasteiger partial charge on any atom is 0.0965 e. The van der Waals surface area contributed by atoms with Crippen LogP contribution in [0.2, 0.25) is 0 Å². The minimum atomic E-state index is 0.572. The summed E-state index contributed by atoms with van der Waals surface area (Å²) in [6, 6.07) is 0.572. The van der Waals surface area contributed by atoms with E-state index in [9.17, 15) is 0 Å². The third-order valence-corrected chi connectivity index (χ3v) is 3.54. The molecule has 3 nitrogen and oxygen atoms in total. The van der Waals surface area contributed by atoms with Gasteiger partial charge < -0.3 is 10.2 Å². The maximum absolute atomic E-state index is 4.54. The smallest absolute Gasteiger partial charge is 0.0965 e. The summed E-state index contributed by atoms with van der Waals surface area (Å²) in [5.41, 5.74) is 0. The lowest BCUT2D eigenvalue weighted by Gasteiger charge is -2.22. The van der Waals surface area contributed by atoms with Gasteiger partial charge in [0, 0.05) is 19.0 Å². The Balaban J connectivity index is 2.12. The molecule has 1 atom stereocenters. The topological polar surface area (TPSA) is 27.6 Å². The average Bonchev–Trinajstić information content (AvgIpc) is 2.36. The Morgan fingerprint density at radius 3 is 2.65 bits per heavy atom. The van der Waals surface area contributed by atoms with E-state index in [-0.39, 0.29) is 0 Å². The first-order valence-corrected chi connectivity index (χ1v) is 7.28. The summed E-state index contributed by atoms with van der Waals surface area (Å²) in [6.07, 6.45) is 6.25. The van der Waals surface area contributed by atoms with Crippen LogP contribution in [0, 0.1) is 0 Å². The van der Waals surface area contributed by atoms with Crippen LogP contribution in [0.1, 0.15) is 52.9 Å². The Morgan fingerprint density at radius 1 is 1.29 bits per heavy atom. The molecule has 0 aromatic heterocycles. The van der Waals surface area contributed by atoms with Crippen molar-refractivity contribution in [2.75, 3.05) is 26.2 Å². The number of rotatable bonds is 7. The summed E-state index contributed by atoms with van der Waals surface area (Å²) in [5.74, 6) is 1.24. The summed E-state index contributed by atoms with van der Waals surface area (Å²) >= 11 is 0. The van der Waals surface area contributed by atoms with Gasteiger partial charge in [0.2, 0.25) is 0 Å². The molecule has 1 rings (SSSR count). The minimum Gasteiger partial charge on any atom is -0.371 e. The van der Waals surface area contributed by atoms with Crippen molar-refractivity contribution in [2.24, 2.45) is 4.99 Å². The maximum atomic E-state index is 4.54. The van der Waals surface area contributed by atoms with E-state index in [1.54, 1.807) is 0 Å². The monoisotopic (exact) mass is 239 g/mol. The second-order valence-electron chi connectivity index (χ2n) is 5.00. The van der Waals surface area contributed by atoms with Crippen molar-refractivity contribution < 1.29 is 0 Å². The zero-order valence-corrected chi connectivity index (χ0v) is 11.8. The molecule has 0 saturated heterocycles. The predicted molar refractivity (Wildman–Crippen MR) is 75.8 cm³/mol. The fourth-order valence-corrected chi connectivity index (χ4v) is 2.33. The van der Waals surface area contributed by atoms with Crippen molar-refractivity contribution in [2.45, 2.75) is 58.9 Å². The summed E-state index contributed by atoms with van der Waals surface area (Å²) in [7, 11) is 0. The molecule has 0 radical (unpaired) electrons. The molecule has 1 heterocycles. The third kappa shape index (κ3) is 6.06. The quantitative estimate of drug-likeness (QED) is 0.739. The molecule has 17 heavy (non-hydrogen) atoms. The molecular weight excluding hydrogens is 210 g/mol.